The highest BCUT2D eigenvalue weighted by Crippen LogP contribution is 2.24. The largest absolute Gasteiger partial charge is 0.359 e. The minimum atomic E-state index is 0.142. The zero-order chi connectivity index (χ0) is 12.5. The van der Waals surface area contributed by atoms with Crippen LogP contribution in [-0.2, 0) is 11.8 Å². The summed E-state index contributed by atoms with van der Waals surface area (Å²) in [6.45, 7) is 2.62. The lowest BCUT2D eigenvalue weighted by Crippen LogP contribution is -2.09. The van der Waals surface area contributed by atoms with Crippen molar-refractivity contribution < 1.29 is 4.74 Å². The van der Waals surface area contributed by atoms with Gasteiger partial charge >= 0.3 is 0 Å². The van der Waals surface area contributed by atoms with E-state index in [1.807, 2.05) is 19.3 Å². The van der Waals surface area contributed by atoms with Gasteiger partial charge in [0.05, 0.1) is 6.10 Å². The van der Waals surface area contributed by atoms with E-state index in [9.17, 15) is 0 Å². The van der Waals surface area contributed by atoms with Crippen molar-refractivity contribution in [3.8, 4) is 12.3 Å². The summed E-state index contributed by atoms with van der Waals surface area (Å²) >= 11 is 0. The molecule has 0 aromatic carbocycles. The van der Waals surface area contributed by atoms with E-state index >= 15 is 0 Å². The van der Waals surface area contributed by atoms with E-state index in [2.05, 4.69) is 23.5 Å². The van der Waals surface area contributed by atoms with Crippen molar-refractivity contribution in [3.05, 3.63) is 24.0 Å². The van der Waals surface area contributed by atoms with Crippen LogP contribution in [0.15, 0.2) is 18.3 Å². The Morgan fingerprint density at radius 1 is 1.41 bits per heavy atom. The van der Waals surface area contributed by atoms with Crippen molar-refractivity contribution in [1.82, 2.24) is 4.57 Å². The zero-order valence-corrected chi connectivity index (χ0v) is 11.0. The molecule has 2 heteroatoms. The number of aromatic nitrogens is 1. The fourth-order valence-electron chi connectivity index (χ4n) is 2.03. The number of hydrogen-bond acceptors (Lipinski definition) is 1. The van der Waals surface area contributed by atoms with Crippen LogP contribution in [0.4, 0.5) is 0 Å². The van der Waals surface area contributed by atoms with Crippen LogP contribution in [0.5, 0.6) is 0 Å². The van der Waals surface area contributed by atoms with E-state index in [4.69, 9.17) is 11.2 Å². The Labute approximate surface area is 105 Å². The highest BCUT2D eigenvalue weighted by atomic mass is 16.5. The van der Waals surface area contributed by atoms with E-state index in [-0.39, 0.29) is 6.10 Å². The second-order valence-electron chi connectivity index (χ2n) is 4.40. The number of nitrogens with zero attached hydrogens (tertiary/aromatic N) is 1. The Hall–Kier alpha value is -1.20. The fraction of sp³-hybridized carbons (Fsp3) is 0.600. The summed E-state index contributed by atoms with van der Waals surface area (Å²) in [4.78, 5) is 0. The van der Waals surface area contributed by atoms with Gasteiger partial charge in [-0.25, -0.2) is 0 Å². The highest BCUT2D eigenvalue weighted by Gasteiger charge is 2.13. The van der Waals surface area contributed by atoms with Crippen molar-refractivity contribution >= 4 is 0 Å². The zero-order valence-electron chi connectivity index (χ0n) is 11.0. The van der Waals surface area contributed by atoms with E-state index in [1.165, 1.54) is 31.4 Å². The number of rotatable bonds is 8. The summed E-state index contributed by atoms with van der Waals surface area (Å²) < 4.78 is 7.85. The third kappa shape index (κ3) is 4.66. The Morgan fingerprint density at radius 3 is 2.82 bits per heavy atom. The molecule has 1 unspecified atom stereocenters. The first kappa shape index (κ1) is 13.9. The molecule has 1 aromatic rings. The molecule has 2 nitrogen and oxygen atoms in total. The molecule has 1 atom stereocenters. The first-order valence-electron chi connectivity index (χ1n) is 6.45. The monoisotopic (exact) mass is 233 g/mol. The van der Waals surface area contributed by atoms with Gasteiger partial charge in [0.15, 0.2) is 0 Å². The summed E-state index contributed by atoms with van der Waals surface area (Å²) in [6.07, 6.45) is 13.6. The first-order valence-corrected chi connectivity index (χ1v) is 6.45. The molecule has 1 rings (SSSR count). The molecule has 0 radical (unpaired) electrons. The van der Waals surface area contributed by atoms with Gasteiger partial charge < -0.3 is 9.30 Å². The number of terminal acetylenes is 1. The van der Waals surface area contributed by atoms with Gasteiger partial charge in [0.25, 0.3) is 0 Å². The van der Waals surface area contributed by atoms with Crippen LogP contribution >= 0.6 is 0 Å². The minimum absolute atomic E-state index is 0.142. The normalized spacial score (nSPS) is 12.3. The minimum Gasteiger partial charge on any atom is -0.359 e. The molecule has 0 amide bonds. The number of ether oxygens (including phenoxy) is 1. The number of aryl methyl sites for hydroxylation is 1. The van der Waals surface area contributed by atoms with Gasteiger partial charge in [-0.2, -0.15) is 0 Å². The van der Waals surface area contributed by atoms with Crippen LogP contribution in [0.2, 0.25) is 0 Å². The van der Waals surface area contributed by atoms with Crippen LogP contribution in [0, 0.1) is 12.3 Å². The fourth-order valence-corrected chi connectivity index (χ4v) is 2.03. The quantitative estimate of drug-likeness (QED) is 0.493. The molecule has 0 aliphatic heterocycles. The topological polar surface area (TPSA) is 14.2 Å². The van der Waals surface area contributed by atoms with E-state index in [0.29, 0.717) is 6.61 Å². The van der Waals surface area contributed by atoms with Gasteiger partial charge in [0, 0.05) is 18.9 Å². The molecule has 0 N–H and O–H groups in total. The van der Waals surface area contributed by atoms with Crippen molar-refractivity contribution in [3.63, 3.8) is 0 Å². The third-order valence-corrected chi connectivity index (χ3v) is 3.00. The molecular formula is C15H23NO. The van der Waals surface area contributed by atoms with Crippen LogP contribution in [-0.4, -0.2) is 11.2 Å². The first-order chi connectivity index (χ1) is 8.29. The maximum atomic E-state index is 5.74. The van der Waals surface area contributed by atoms with E-state index in [1.54, 1.807) is 0 Å². The summed E-state index contributed by atoms with van der Waals surface area (Å²) in [6, 6.07) is 4.16. The summed E-state index contributed by atoms with van der Waals surface area (Å²) in [5.74, 6) is 2.55. The second-order valence-corrected chi connectivity index (χ2v) is 4.40. The van der Waals surface area contributed by atoms with Crippen LogP contribution in [0.25, 0.3) is 0 Å². The molecule has 0 aliphatic carbocycles. The van der Waals surface area contributed by atoms with Gasteiger partial charge in [-0.3, -0.25) is 0 Å². The maximum absolute atomic E-state index is 5.74. The molecule has 0 bridgehead atoms. The molecule has 1 aromatic heterocycles. The maximum Gasteiger partial charge on any atom is 0.108 e. The smallest absolute Gasteiger partial charge is 0.108 e. The van der Waals surface area contributed by atoms with Gasteiger partial charge in [-0.1, -0.05) is 38.5 Å². The molecule has 0 saturated carbocycles. The molecule has 1 heterocycles. The number of hydrogen-bond donors (Lipinski definition) is 0. The van der Waals surface area contributed by atoms with Crippen molar-refractivity contribution in [2.24, 2.45) is 7.05 Å². The molecular weight excluding hydrogens is 210 g/mol. The summed E-state index contributed by atoms with van der Waals surface area (Å²) in [7, 11) is 2.05. The number of unbranched alkanes of at least 4 members (excludes halogenated alkanes) is 3. The summed E-state index contributed by atoms with van der Waals surface area (Å²) in [5.41, 5.74) is 1.22. The Balaban J connectivity index is 2.49. The molecule has 0 spiro atoms. The van der Waals surface area contributed by atoms with E-state index < -0.39 is 0 Å². The lowest BCUT2D eigenvalue weighted by Gasteiger charge is -2.17. The SMILES string of the molecule is C#CCOC(CCCCCC)c1cccn1C. The van der Waals surface area contributed by atoms with Gasteiger partial charge in [-0.05, 0) is 18.6 Å². The lowest BCUT2D eigenvalue weighted by molar-refractivity contribution is 0.0636. The average Bonchev–Trinajstić information content (AvgIpc) is 2.75. The molecule has 0 fully saturated rings. The predicted molar refractivity (Wildman–Crippen MR) is 71.7 cm³/mol. The summed E-state index contributed by atoms with van der Waals surface area (Å²) in [5, 5.41) is 0. The lowest BCUT2D eigenvalue weighted by atomic mass is 10.1. The van der Waals surface area contributed by atoms with Crippen LogP contribution in [0.3, 0.4) is 0 Å². The Kier molecular flexibility index (Phi) is 6.50. The molecule has 17 heavy (non-hydrogen) atoms. The van der Waals surface area contributed by atoms with Gasteiger partial charge in [0.1, 0.15) is 6.61 Å². The Bertz CT molecular complexity index is 348. The Morgan fingerprint density at radius 2 is 2.24 bits per heavy atom. The predicted octanol–water partition coefficient (Wildman–Crippen LogP) is 3.69. The van der Waals surface area contributed by atoms with Gasteiger partial charge in [0.2, 0.25) is 0 Å². The van der Waals surface area contributed by atoms with E-state index in [0.717, 1.165) is 6.42 Å². The molecule has 0 aliphatic rings. The van der Waals surface area contributed by atoms with Crippen LogP contribution < -0.4 is 0 Å². The van der Waals surface area contributed by atoms with Crippen LogP contribution in [0.1, 0.15) is 50.8 Å². The van der Waals surface area contributed by atoms with Gasteiger partial charge in [-0.15, -0.1) is 6.42 Å². The standard InChI is InChI=1S/C15H23NO/c1-4-6-7-8-11-15(17-13-5-2)14-10-9-12-16(14)3/h2,9-10,12,15H,4,6-8,11,13H2,1,3H3. The third-order valence-electron chi connectivity index (χ3n) is 3.00. The molecule has 0 saturated heterocycles. The van der Waals surface area contributed by atoms with Crippen molar-refractivity contribution in [1.29, 1.82) is 0 Å². The molecule has 94 valence electrons. The van der Waals surface area contributed by atoms with Crippen molar-refractivity contribution in [2.75, 3.05) is 6.61 Å². The van der Waals surface area contributed by atoms with Crippen molar-refractivity contribution in [2.45, 2.75) is 45.1 Å². The highest BCUT2D eigenvalue weighted by molar-refractivity contribution is 5.10. The average molecular weight is 233 g/mol. The second kappa shape index (κ2) is 7.97.